The van der Waals surface area contributed by atoms with Gasteiger partial charge in [-0.1, -0.05) is 24.3 Å². The molecule has 0 bridgehead atoms. The first-order valence-electron chi connectivity index (χ1n) is 6.32. The van der Waals surface area contributed by atoms with Crippen molar-refractivity contribution in [2.45, 2.75) is 9.92 Å². The zero-order valence-electron chi connectivity index (χ0n) is 11.6. The van der Waals surface area contributed by atoms with E-state index in [0.29, 0.717) is 10.6 Å². The molecule has 22 heavy (non-hydrogen) atoms. The lowest BCUT2D eigenvalue weighted by molar-refractivity contribution is 0.574. The van der Waals surface area contributed by atoms with Crippen LogP contribution in [0.1, 0.15) is 0 Å². The predicted octanol–water partition coefficient (Wildman–Crippen LogP) is 3.15. The second kappa shape index (κ2) is 5.79. The molecule has 2 heterocycles. The maximum absolute atomic E-state index is 12.8. The molecule has 0 aliphatic carbocycles. The van der Waals surface area contributed by atoms with Crippen molar-refractivity contribution >= 4 is 38.9 Å². The van der Waals surface area contributed by atoms with Crippen molar-refractivity contribution < 1.29 is 8.42 Å². The van der Waals surface area contributed by atoms with E-state index in [1.165, 1.54) is 23.1 Å². The molecule has 3 rings (SSSR count). The highest BCUT2D eigenvalue weighted by Gasteiger charge is 2.26. The van der Waals surface area contributed by atoms with Crippen molar-refractivity contribution in [1.82, 2.24) is 9.19 Å². The number of thiophene rings is 1. The molecule has 5 nitrogen and oxygen atoms in total. The van der Waals surface area contributed by atoms with Gasteiger partial charge in [-0.05, 0) is 29.8 Å². The van der Waals surface area contributed by atoms with E-state index in [2.05, 4.69) is 5.10 Å². The van der Waals surface area contributed by atoms with Crippen molar-refractivity contribution in [2.24, 2.45) is 0 Å². The second-order valence-corrected chi connectivity index (χ2v) is 7.92. The van der Waals surface area contributed by atoms with Crippen molar-refractivity contribution in [2.75, 3.05) is 12.0 Å². The standard InChI is InChI=1S/C14H13N3O2S3/c1-20-14-12(11-8-5-9-21-11)13(15)16-17(14)22(18,19)10-6-3-2-4-7-10/h2-9H,1H3,(H2,15,16). The van der Waals surface area contributed by atoms with Crippen molar-refractivity contribution in [3.05, 3.63) is 47.8 Å². The van der Waals surface area contributed by atoms with Gasteiger partial charge in [0.15, 0.2) is 5.82 Å². The zero-order valence-corrected chi connectivity index (χ0v) is 14.1. The molecule has 0 spiro atoms. The number of nitrogens with two attached hydrogens (primary N) is 1. The molecule has 2 N–H and O–H groups in total. The molecule has 0 saturated carbocycles. The van der Waals surface area contributed by atoms with Gasteiger partial charge in [0, 0.05) is 4.88 Å². The van der Waals surface area contributed by atoms with Crippen LogP contribution in [0.25, 0.3) is 10.4 Å². The van der Waals surface area contributed by atoms with Crippen molar-refractivity contribution in [3.63, 3.8) is 0 Å². The first kappa shape index (κ1) is 15.1. The summed E-state index contributed by atoms with van der Waals surface area (Å²) in [7, 11) is -3.77. The van der Waals surface area contributed by atoms with Gasteiger partial charge in [-0.2, -0.15) is 8.42 Å². The Morgan fingerprint density at radius 2 is 1.91 bits per heavy atom. The molecule has 0 aliphatic heterocycles. The normalized spacial score (nSPS) is 11.7. The number of rotatable bonds is 4. The molecule has 1 aromatic carbocycles. The quantitative estimate of drug-likeness (QED) is 0.731. The van der Waals surface area contributed by atoms with E-state index < -0.39 is 10.0 Å². The van der Waals surface area contributed by atoms with Crippen LogP contribution in [-0.2, 0) is 10.0 Å². The van der Waals surface area contributed by atoms with E-state index in [1.807, 2.05) is 23.8 Å². The summed E-state index contributed by atoms with van der Waals surface area (Å²) in [4.78, 5) is 1.09. The number of nitrogens with zero attached hydrogens (tertiary/aromatic N) is 2. The number of anilines is 1. The van der Waals surface area contributed by atoms with Gasteiger partial charge in [0.05, 0.1) is 10.5 Å². The first-order chi connectivity index (χ1) is 10.6. The van der Waals surface area contributed by atoms with Crippen LogP contribution in [0.2, 0.25) is 0 Å². The zero-order chi connectivity index (χ0) is 15.7. The molecule has 0 unspecified atom stereocenters. The van der Waals surface area contributed by atoms with Gasteiger partial charge < -0.3 is 5.73 Å². The fourth-order valence-corrected chi connectivity index (χ4v) is 5.27. The Morgan fingerprint density at radius 1 is 1.18 bits per heavy atom. The smallest absolute Gasteiger partial charge is 0.284 e. The van der Waals surface area contributed by atoms with E-state index >= 15 is 0 Å². The van der Waals surface area contributed by atoms with E-state index in [4.69, 9.17) is 5.73 Å². The molecule has 0 radical (unpaired) electrons. The maximum atomic E-state index is 12.8. The monoisotopic (exact) mass is 351 g/mol. The van der Waals surface area contributed by atoms with Gasteiger partial charge in [-0.3, -0.25) is 0 Å². The van der Waals surface area contributed by atoms with Gasteiger partial charge >= 0.3 is 0 Å². The summed E-state index contributed by atoms with van der Waals surface area (Å²) in [6.07, 6.45) is 1.81. The molecule has 0 fully saturated rings. The van der Waals surface area contributed by atoms with Crippen LogP contribution in [0.3, 0.4) is 0 Å². The van der Waals surface area contributed by atoms with Crippen LogP contribution in [0, 0.1) is 0 Å². The Hall–Kier alpha value is -1.77. The van der Waals surface area contributed by atoms with Gasteiger partial charge in [-0.15, -0.1) is 32.3 Å². The molecule has 0 saturated heterocycles. The minimum Gasteiger partial charge on any atom is -0.382 e. The summed E-state index contributed by atoms with van der Waals surface area (Å²) >= 11 is 2.81. The van der Waals surface area contributed by atoms with Crippen LogP contribution in [-0.4, -0.2) is 23.9 Å². The highest BCUT2D eigenvalue weighted by Crippen LogP contribution is 2.38. The second-order valence-electron chi connectivity index (χ2n) is 4.41. The molecule has 3 aromatic rings. The maximum Gasteiger partial charge on any atom is 0.284 e. The number of hydrogen-bond acceptors (Lipinski definition) is 6. The van der Waals surface area contributed by atoms with E-state index in [0.717, 1.165) is 8.96 Å². The Morgan fingerprint density at radius 3 is 2.50 bits per heavy atom. The minimum atomic E-state index is -3.77. The van der Waals surface area contributed by atoms with E-state index in [-0.39, 0.29) is 10.7 Å². The Labute approximate surface area is 136 Å². The van der Waals surface area contributed by atoms with Gasteiger partial charge in [0.2, 0.25) is 0 Å². The fraction of sp³-hybridized carbons (Fsp3) is 0.0714. The van der Waals surface area contributed by atoms with Crippen LogP contribution in [0.5, 0.6) is 0 Å². The third kappa shape index (κ3) is 2.43. The SMILES string of the molecule is CSc1c(-c2cccs2)c(N)nn1S(=O)(=O)c1ccccc1. The summed E-state index contributed by atoms with van der Waals surface area (Å²) in [5.74, 6) is 0.214. The third-order valence-corrected chi connectivity index (χ3v) is 6.43. The van der Waals surface area contributed by atoms with Crippen LogP contribution in [0.15, 0.2) is 57.8 Å². The number of aromatic nitrogens is 2. The fourth-order valence-electron chi connectivity index (χ4n) is 2.09. The summed E-state index contributed by atoms with van der Waals surface area (Å²) < 4.78 is 26.6. The topological polar surface area (TPSA) is 78.0 Å². The van der Waals surface area contributed by atoms with Crippen molar-refractivity contribution in [3.8, 4) is 10.4 Å². The molecule has 0 aliphatic rings. The minimum absolute atomic E-state index is 0.186. The molecule has 114 valence electrons. The predicted molar refractivity (Wildman–Crippen MR) is 90.8 cm³/mol. The molecule has 0 atom stereocenters. The molecule has 8 heteroatoms. The van der Waals surface area contributed by atoms with Gasteiger partial charge in [-0.25, -0.2) is 0 Å². The van der Waals surface area contributed by atoms with E-state index in [9.17, 15) is 8.42 Å². The summed E-state index contributed by atoms with van der Waals surface area (Å²) in [5.41, 5.74) is 6.65. The van der Waals surface area contributed by atoms with Gasteiger partial charge in [0.1, 0.15) is 5.03 Å². The first-order valence-corrected chi connectivity index (χ1v) is 9.87. The highest BCUT2D eigenvalue weighted by molar-refractivity contribution is 7.99. The molecular formula is C14H13N3O2S3. The lowest BCUT2D eigenvalue weighted by Crippen LogP contribution is -2.15. The van der Waals surface area contributed by atoms with Crippen molar-refractivity contribution in [1.29, 1.82) is 0 Å². The number of benzene rings is 1. The number of hydrogen-bond donors (Lipinski definition) is 1. The summed E-state index contributed by atoms with van der Waals surface area (Å²) in [6, 6.07) is 12.0. The van der Waals surface area contributed by atoms with Crippen LogP contribution < -0.4 is 5.73 Å². The highest BCUT2D eigenvalue weighted by atomic mass is 32.2. The average molecular weight is 351 g/mol. The Bertz CT molecular complexity index is 885. The van der Waals surface area contributed by atoms with Crippen LogP contribution >= 0.6 is 23.1 Å². The lowest BCUT2D eigenvalue weighted by atomic mass is 10.3. The Balaban J connectivity index is 2.23. The van der Waals surface area contributed by atoms with E-state index in [1.54, 1.807) is 30.3 Å². The van der Waals surface area contributed by atoms with Gasteiger partial charge in [0.25, 0.3) is 10.0 Å². The Kier molecular flexibility index (Phi) is 3.98. The third-order valence-electron chi connectivity index (χ3n) is 3.07. The lowest BCUT2D eigenvalue weighted by Gasteiger charge is -2.07. The average Bonchev–Trinajstić information content (AvgIpc) is 3.15. The number of thioether (sulfide) groups is 1. The molecule has 0 amide bonds. The number of nitrogen functional groups attached to an aromatic ring is 1. The molecular weight excluding hydrogens is 338 g/mol. The molecule has 2 aromatic heterocycles. The van der Waals surface area contributed by atoms with Crippen LogP contribution in [0.4, 0.5) is 5.82 Å². The summed E-state index contributed by atoms with van der Waals surface area (Å²) in [6.45, 7) is 0. The largest absolute Gasteiger partial charge is 0.382 e. The summed E-state index contributed by atoms with van der Waals surface area (Å²) in [5, 5.41) is 6.51.